The number of primary amides is 1. The van der Waals surface area contributed by atoms with Gasteiger partial charge in [0.25, 0.3) is 0 Å². The molecule has 0 bridgehead atoms. The van der Waals surface area contributed by atoms with Crippen LogP contribution in [0.4, 0.5) is 0 Å². The summed E-state index contributed by atoms with van der Waals surface area (Å²) in [5, 5.41) is 9.47. The number of carboxylic acid groups (broad SMARTS) is 1. The Morgan fingerprint density at radius 2 is 2.05 bits per heavy atom. The molecule has 106 valence electrons. The number of allylic oxidation sites excluding steroid dienone is 1. The Balaban J connectivity index is 2.36. The third kappa shape index (κ3) is 3.20. The van der Waals surface area contributed by atoms with E-state index in [9.17, 15) is 9.59 Å². The van der Waals surface area contributed by atoms with Crippen LogP contribution in [0.2, 0.25) is 5.02 Å². The average Bonchev–Trinajstić information content (AvgIpc) is 2.63. The molecule has 0 spiro atoms. The number of carbonyl (C=O) groups is 2. The van der Waals surface area contributed by atoms with E-state index < -0.39 is 17.8 Å². The molecular weight excluding hydrogens is 278 g/mol. The van der Waals surface area contributed by atoms with E-state index in [4.69, 9.17) is 22.4 Å². The molecule has 0 saturated heterocycles. The maximum Gasteiger partial charge on any atom is 0.310 e. The third-order valence-electron chi connectivity index (χ3n) is 3.54. The van der Waals surface area contributed by atoms with Crippen molar-refractivity contribution in [3.8, 4) is 0 Å². The smallest absolute Gasteiger partial charge is 0.310 e. The van der Waals surface area contributed by atoms with Crippen molar-refractivity contribution >= 4 is 29.1 Å². The predicted octanol–water partition coefficient (Wildman–Crippen LogP) is 3.10. The molecule has 1 aliphatic rings. The summed E-state index contributed by atoms with van der Waals surface area (Å²) in [7, 11) is 0. The molecule has 1 aromatic carbocycles. The van der Waals surface area contributed by atoms with Crippen LogP contribution in [0.1, 0.15) is 41.6 Å². The molecule has 1 amide bonds. The first-order valence-electron chi connectivity index (χ1n) is 6.52. The molecule has 0 aromatic heterocycles. The van der Waals surface area contributed by atoms with Crippen LogP contribution in [-0.4, -0.2) is 17.0 Å². The molecule has 0 heterocycles. The number of rotatable bonds is 3. The van der Waals surface area contributed by atoms with Gasteiger partial charge in [0.05, 0.1) is 16.5 Å². The monoisotopic (exact) mass is 293 g/mol. The van der Waals surface area contributed by atoms with Gasteiger partial charge in [0, 0.05) is 0 Å². The lowest BCUT2D eigenvalue weighted by atomic mass is 9.97. The van der Waals surface area contributed by atoms with Gasteiger partial charge in [-0.25, -0.2) is 0 Å². The van der Waals surface area contributed by atoms with Crippen LogP contribution in [0.5, 0.6) is 0 Å². The summed E-state index contributed by atoms with van der Waals surface area (Å²) in [4.78, 5) is 22.3. The van der Waals surface area contributed by atoms with Crippen LogP contribution in [0.3, 0.4) is 0 Å². The second-order valence-electron chi connectivity index (χ2n) is 4.94. The summed E-state index contributed by atoms with van der Waals surface area (Å²) in [6.45, 7) is 0. The Bertz CT molecular complexity index is 580. The maximum atomic E-state index is 11.2. The Hall–Kier alpha value is -1.81. The maximum absolute atomic E-state index is 11.2. The van der Waals surface area contributed by atoms with Crippen molar-refractivity contribution < 1.29 is 14.7 Å². The lowest BCUT2D eigenvalue weighted by Crippen LogP contribution is -2.11. The van der Waals surface area contributed by atoms with E-state index in [0.717, 1.165) is 30.4 Å². The molecule has 20 heavy (non-hydrogen) atoms. The highest BCUT2D eigenvalue weighted by molar-refractivity contribution is 6.34. The Morgan fingerprint density at radius 1 is 1.30 bits per heavy atom. The zero-order valence-electron chi connectivity index (χ0n) is 10.9. The van der Waals surface area contributed by atoms with Crippen molar-refractivity contribution in [2.75, 3.05) is 0 Å². The molecule has 1 aliphatic carbocycles. The van der Waals surface area contributed by atoms with E-state index in [1.807, 2.05) is 0 Å². The van der Waals surface area contributed by atoms with Gasteiger partial charge in [-0.2, -0.15) is 0 Å². The number of benzene rings is 1. The molecule has 1 unspecified atom stereocenters. The highest BCUT2D eigenvalue weighted by Gasteiger charge is 2.19. The number of carbonyl (C=O) groups excluding carboxylic acids is 1. The fourth-order valence-corrected chi connectivity index (χ4v) is 2.71. The predicted molar refractivity (Wildman–Crippen MR) is 77.5 cm³/mol. The van der Waals surface area contributed by atoms with E-state index in [0.29, 0.717) is 11.4 Å². The van der Waals surface area contributed by atoms with E-state index in [-0.39, 0.29) is 5.56 Å². The fraction of sp³-hybridized carbons (Fsp3) is 0.333. The van der Waals surface area contributed by atoms with Crippen molar-refractivity contribution in [3.63, 3.8) is 0 Å². The van der Waals surface area contributed by atoms with Crippen molar-refractivity contribution in [1.29, 1.82) is 0 Å². The van der Waals surface area contributed by atoms with Crippen molar-refractivity contribution in [2.24, 2.45) is 11.7 Å². The normalized spacial score (nSPS) is 19.1. The minimum Gasteiger partial charge on any atom is -0.481 e. The number of amides is 1. The summed E-state index contributed by atoms with van der Waals surface area (Å²) in [6.07, 6.45) is 5.11. The minimum absolute atomic E-state index is 0.277. The molecule has 0 radical (unpaired) electrons. The van der Waals surface area contributed by atoms with Crippen LogP contribution < -0.4 is 5.73 Å². The number of hydrogen-bond donors (Lipinski definition) is 2. The lowest BCUT2D eigenvalue weighted by Gasteiger charge is -2.09. The molecular formula is C15H16ClNO3. The van der Waals surface area contributed by atoms with Gasteiger partial charge >= 0.3 is 5.97 Å². The molecule has 0 saturated carbocycles. The van der Waals surface area contributed by atoms with Gasteiger partial charge in [-0.1, -0.05) is 30.2 Å². The molecule has 5 heteroatoms. The Kier molecular flexibility index (Phi) is 4.45. The summed E-state index contributed by atoms with van der Waals surface area (Å²) in [6, 6.07) is 5.03. The lowest BCUT2D eigenvalue weighted by molar-refractivity contribution is -0.140. The van der Waals surface area contributed by atoms with Gasteiger partial charge in [0.1, 0.15) is 0 Å². The molecule has 2 rings (SSSR count). The highest BCUT2D eigenvalue weighted by atomic mass is 35.5. The number of nitrogens with two attached hydrogens (primary N) is 1. The number of hydrogen-bond acceptors (Lipinski definition) is 2. The van der Waals surface area contributed by atoms with Crippen LogP contribution in [0, 0.1) is 5.92 Å². The molecule has 3 N–H and O–H groups in total. The quantitative estimate of drug-likeness (QED) is 0.898. The first-order chi connectivity index (χ1) is 9.49. The molecule has 0 fully saturated rings. The van der Waals surface area contributed by atoms with Gasteiger partial charge in [-0.3, -0.25) is 9.59 Å². The Morgan fingerprint density at radius 3 is 2.65 bits per heavy atom. The molecule has 1 aromatic rings. The van der Waals surface area contributed by atoms with E-state index >= 15 is 0 Å². The zero-order chi connectivity index (χ0) is 14.7. The molecule has 4 nitrogen and oxygen atoms in total. The number of carboxylic acids is 1. The molecule has 0 aliphatic heterocycles. The SMILES string of the molecule is NC(=O)c1ccc(C2=CC(C(=O)O)CCCC2)cc1Cl. The van der Waals surface area contributed by atoms with Crippen molar-refractivity contribution in [3.05, 3.63) is 40.4 Å². The van der Waals surface area contributed by atoms with Crippen LogP contribution in [-0.2, 0) is 4.79 Å². The fourth-order valence-electron chi connectivity index (χ4n) is 2.44. The second-order valence-corrected chi connectivity index (χ2v) is 5.35. The number of halogens is 1. The second kappa shape index (κ2) is 6.09. The van der Waals surface area contributed by atoms with Crippen molar-refractivity contribution in [2.45, 2.75) is 25.7 Å². The first-order valence-corrected chi connectivity index (χ1v) is 6.90. The molecule has 1 atom stereocenters. The largest absolute Gasteiger partial charge is 0.481 e. The first kappa shape index (κ1) is 14.6. The van der Waals surface area contributed by atoms with E-state index in [2.05, 4.69) is 0 Å². The summed E-state index contributed by atoms with van der Waals surface area (Å²) in [5.41, 5.74) is 7.31. The van der Waals surface area contributed by atoms with Gasteiger partial charge in [-0.05, 0) is 42.5 Å². The highest BCUT2D eigenvalue weighted by Crippen LogP contribution is 2.31. The summed E-state index contributed by atoms with van der Waals surface area (Å²) in [5.74, 6) is -1.83. The van der Waals surface area contributed by atoms with Crippen molar-refractivity contribution in [1.82, 2.24) is 0 Å². The van der Waals surface area contributed by atoms with Gasteiger partial charge < -0.3 is 10.8 Å². The topological polar surface area (TPSA) is 80.4 Å². The van der Waals surface area contributed by atoms with E-state index in [1.165, 1.54) is 0 Å². The van der Waals surface area contributed by atoms with Gasteiger partial charge in [0.2, 0.25) is 5.91 Å². The number of aliphatic carboxylic acids is 1. The zero-order valence-corrected chi connectivity index (χ0v) is 11.7. The average molecular weight is 294 g/mol. The van der Waals surface area contributed by atoms with E-state index in [1.54, 1.807) is 24.3 Å². The minimum atomic E-state index is -0.802. The standard InChI is InChI=1S/C15H16ClNO3/c16-13-8-10(5-6-12(13)14(17)18)9-3-1-2-4-11(7-9)15(19)20/h5-8,11H,1-4H2,(H2,17,18)(H,19,20). The summed E-state index contributed by atoms with van der Waals surface area (Å²) >= 11 is 6.04. The van der Waals surface area contributed by atoms with Gasteiger partial charge in [-0.15, -0.1) is 0 Å². The third-order valence-corrected chi connectivity index (χ3v) is 3.85. The van der Waals surface area contributed by atoms with Crippen LogP contribution >= 0.6 is 11.6 Å². The Labute approximate surface area is 122 Å². The summed E-state index contributed by atoms with van der Waals surface area (Å²) < 4.78 is 0. The van der Waals surface area contributed by atoms with Gasteiger partial charge in [0.15, 0.2) is 0 Å². The van der Waals surface area contributed by atoms with Crippen LogP contribution in [0.25, 0.3) is 5.57 Å². The van der Waals surface area contributed by atoms with Crippen LogP contribution in [0.15, 0.2) is 24.3 Å².